The van der Waals surface area contributed by atoms with E-state index in [9.17, 15) is 0 Å². The lowest BCUT2D eigenvalue weighted by Crippen LogP contribution is -2.19. The van der Waals surface area contributed by atoms with Gasteiger partial charge in [-0.3, -0.25) is 0 Å². The molecule has 3 heteroatoms. The van der Waals surface area contributed by atoms with Gasteiger partial charge in [0, 0.05) is 5.92 Å². The van der Waals surface area contributed by atoms with Gasteiger partial charge in [0.15, 0.2) is 11.5 Å². The molecular formula is C17H18O3. The second-order valence-corrected chi connectivity index (χ2v) is 4.93. The third kappa shape index (κ3) is 2.31. The fourth-order valence-electron chi connectivity index (χ4n) is 2.65. The molecule has 20 heavy (non-hydrogen) atoms. The number of hydrogen-bond donors (Lipinski definition) is 0. The number of benzene rings is 2. The van der Waals surface area contributed by atoms with Crippen LogP contribution in [0.5, 0.6) is 17.2 Å². The standard InChI is InChI=1S/C17H18O3/c1-18-16-8-7-12(10-17(16)19-2)14-9-13-5-3-4-6-15(13)20-11-14/h3-8,10,14H,9,11H2,1-2H3/t14-/m1/s1. The molecule has 1 atom stereocenters. The smallest absolute Gasteiger partial charge is 0.160 e. The summed E-state index contributed by atoms with van der Waals surface area (Å²) in [5.74, 6) is 2.88. The molecule has 0 aromatic heterocycles. The van der Waals surface area contributed by atoms with Gasteiger partial charge in [-0.15, -0.1) is 0 Å². The van der Waals surface area contributed by atoms with Gasteiger partial charge >= 0.3 is 0 Å². The summed E-state index contributed by atoms with van der Waals surface area (Å²) in [6, 6.07) is 14.3. The van der Waals surface area contributed by atoms with Crippen LogP contribution in [0.4, 0.5) is 0 Å². The van der Waals surface area contributed by atoms with E-state index < -0.39 is 0 Å². The van der Waals surface area contributed by atoms with Crippen molar-refractivity contribution in [2.45, 2.75) is 12.3 Å². The molecule has 0 N–H and O–H groups in total. The van der Waals surface area contributed by atoms with Gasteiger partial charge in [-0.25, -0.2) is 0 Å². The molecule has 0 amide bonds. The van der Waals surface area contributed by atoms with Crippen LogP contribution in [-0.4, -0.2) is 20.8 Å². The highest BCUT2D eigenvalue weighted by Crippen LogP contribution is 2.36. The van der Waals surface area contributed by atoms with E-state index in [-0.39, 0.29) is 0 Å². The van der Waals surface area contributed by atoms with E-state index in [1.807, 2.05) is 24.3 Å². The molecule has 1 heterocycles. The monoisotopic (exact) mass is 270 g/mol. The van der Waals surface area contributed by atoms with Crippen LogP contribution >= 0.6 is 0 Å². The fraction of sp³-hybridized carbons (Fsp3) is 0.294. The second kappa shape index (κ2) is 5.45. The van der Waals surface area contributed by atoms with Gasteiger partial charge in [0.1, 0.15) is 5.75 Å². The first kappa shape index (κ1) is 12.9. The Morgan fingerprint density at radius 1 is 1.00 bits per heavy atom. The predicted molar refractivity (Wildman–Crippen MR) is 77.9 cm³/mol. The van der Waals surface area contributed by atoms with Crippen molar-refractivity contribution in [3.8, 4) is 17.2 Å². The number of rotatable bonds is 3. The minimum Gasteiger partial charge on any atom is -0.493 e. The summed E-state index contributed by atoms with van der Waals surface area (Å²) in [5.41, 5.74) is 2.48. The molecule has 0 spiro atoms. The first-order valence-electron chi connectivity index (χ1n) is 6.74. The van der Waals surface area contributed by atoms with Crippen molar-refractivity contribution in [1.29, 1.82) is 0 Å². The van der Waals surface area contributed by atoms with E-state index in [1.165, 1.54) is 11.1 Å². The van der Waals surface area contributed by atoms with Crippen molar-refractivity contribution < 1.29 is 14.2 Å². The maximum Gasteiger partial charge on any atom is 0.160 e. The van der Waals surface area contributed by atoms with E-state index in [1.54, 1.807) is 14.2 Å². The Balaban J connectivity index is 1.88. The van der Waals surface area contributed by atoms with E-state index in [0.29, 0.717) is 12.5 Å². The summed E-state index contributed by atoms with van der Waals surface area (Å²) in [4.78, 5) is 0. The maximum absolute atomic E-state index is 5.85. The van der Waals surface area contributed by atoms with Gasteiger partial charge in [-0.05, 0) is 35.7 Å². The average Bonchev–Trinajstić information content (AvgIpc) is 2.53. The number of ether oxygens (including phenoxy) is 3. The number of methoxy groups -OCH3 is 2. The quantitative estimate of drug-likeness (QED) is 0.855. The van der Waals surface area contributed by atoms with Crippen LogP contribution in [0.2, 0.25) is 0 Å². The average molecular weight is 270 g/mol. The zero-order chi connectivity index (χ0) is 13.9. The highest BCUT2D eigenvalue weighted by molar-refractivity contribution is 5.45. The molecular weight excluding hydrogens is 252 g/mol. The van der Waals surface area contributed by atoms with E-state index in [4.69, 9.17) is 14.2 Å². The van der Waals surface area contributed by atoms with Gasteiger partial charge in [0.05, 0.1) is 20.8 Å². The third-order valence-corrected chi connectivity index (χ3v) is 3.76. The molecule has 1 aliphatic rings. The summed E-state index contributed by atoms with van der Waals surface area (Å²) < 4.78 is 16.5. The molecule has 3 nitrogen and oxygen atoms in total. The largest absolute Gasteiger partial charge is 0.493 e. The van der Waals surface area contributed by atoms with E-state index in [2.05, 4.69) is 18.2 Å². The van der Waals surface area contributed by atoms with Crippen molar-refractivity contribution in [3.63, 3.8) is 0 Å². The first-order chi connectivity index (χ1) is 9.81. The second-order valence-electron chi connectivity index (χ2n) is 4.93. The summed E-state index contributed by atoms with van der Waals surface area (Å²) in [7, 11) is 3.31. The minimum absolute atomic E-state index is 0.352. The topological polar surface area (TPSA) is 27.7 Å². The Kier molecular flexibility index (Phi) is 3.50. The Bertz CT molecular complexity index is 607. The third-order valence-electron chi connectivity index (χ3n) is 3.76. The fourth-order valence-corrected chi connectivity index (χ4v) is 2.65. The maximum atomic E-state index is 5.85. The van der Waals surface area contributed by atoms with Crippen molar-refractivity contribution in [2.75, 3.05) is 20.8 Å². The lowest BCUT2D eigenvalue weighted by Gasteiger charge is -2.26. The van der Waals surface area contributed by atoms with Crippen LogP contribution in [0, 0.1) is 0 Å². The number of para-hydroxylation sites is 1. The van der Waals surface area contributed by atoms with Gasteiger partial charge < -0.3 is 14.2 Å². The molecule has 0 bridgehead atoms. The van der Waals surface area contributed by atoms with Crippen LogP contribution in [0.3, 0.4) is 0 Å². The highest BCUT2D eigenvalue weighted by atomic mass is 16.5. The van der Waals surface area contributed by atoms with Crippen LogP contribution in [-0.2, 0) is 6.42 Å². The number of hydrogen-bond acceptors (Lipinski definition) is 3. The predicted octanol–water partition coefficient (Wildman–Crippen LogP) is 3.42. The van der Waals surface area contributed by atoms with Crippen LogP contribution < -0.4 is 14.2 Å². The molecule has 0 aliphatic carbocycles. The Morgan fingerprint density at radius 3 is 2.60 bits per heavy atom. The lowest BCUT2D eigenvalue weighted by molar-refractivity contribution is 0.262. The first-order valence-corrected chi connectivity index (χ1v) is 6.74. The molecule has 2 aromatic rings. The van der Waals surface area contributed by atoms with Gasteiger partial charge in [0.2, 0.25) is 0 Å². The molecule has 3 rings (SSSR count). The summed E-state index contributed by atoms with van der Waals surface area (Å²) >= 11 is 0. The van der Waals surface area contributed by atoms with E-state index >= 15 is 0 Å². The Hall–Kier alpha value is -2.16. The van der Waals surface area contributed by atoms with E-state index in [0.717, 1.165) is 23.7 Å². The lowest BCUT2D eigenvalue weighted by atomic mass is 9.90. The normalized spacial score (nSPS) is 17.0. The Labute approximate surface area is 119 Å². The summed E-state index contributed by atoms with van der Waals surface area (Å²) in [6.45, 7) is 0.701. The van der Waals surface area contributed by atoms with Gasteiger partial charge in [-0.1, -0.05) is 24.3 Å². The SMILES string of the molecule is COc1ccc([C@H]2COc3ccccc3C2)cc1OC. The van der Waals surface area contributed by atoms with Gasteiger partial charge in [-0.2, -0.15) is 0 Å². The van der Waals surface area contributed by atoms with Crippen molar-refractivity contribution in [1.82, 2.24) is 0 Å². The molecule has 2 aromatic carbocycles. The zero-order valence-corrected chi connectivity index (χ0v) is 11.8. The van der Waals surface area contributed by atoms with Crippen molar-refractivity contribution in [2.24, 2.45) is 0 Å². The molecule has 104 valence electrons. The Morgan fingerprint density at radius 2 is 1.80 bits per heavy atom. The van der Waals surface area contributed by atoms with Crippen LogP contribution in [0.15, 0.2) is 42.5 Å². The molecule has 0 unspecified atom stereocenters. The molecule has 0 saturated carbocycles. The minimum atomic E-state index is 0.352. The summed E-state index contributed by atoms with van der Waals surface area (Å²) in [6.07, 6.45) is 0.992. The van der Waals surface area contributed by atoms with Crippen molar-refractivity contribution in [3.05, 3.63) is 53.6 Å². The molecule has 0 saturated heterocycles. The van der Waals surface area contributed by atoms with Crippen LogP contribution in [0.25, 0.3) is 0 Å². The van der Waals surface area contributed by atoms with Crippen molar-refractivity contribution >= 4 is 0 Å². The molecule has 0 fully saturated rings. The number of fused-ring (bicyclic) bond motifs is 1. The van der Waals surface area contributed by atoms with Crippen LogP contribution in [0.1, 0.15) is 17.0 Å². The molecule has 0 radical (unpaired) electrons. The van der Waals surface area contributed by atoms with Gasteiger partial charge in [0.25, 0.3) is 0 Å². The molecule has 1 aliphatic heterocycles. The summed E-state index contributed by atoms with van der Waals surface area (Å²) in [5, 5.41) is 0. The highest BCUT2D eigenvalue weighted by Gasteiger charge is 2.22. The zero-order valence-electron chi connectivity index (χ0n) is 11.8.